The van der Waals surface area contributed by atoms with Crippen molar-refractivity contribution in [2.45, 2.75) is 215 Å². The molecule has 14 bridgehead atoms. The maximum Gasteiger partial charge on any atom is 0.187 e. The molecule has 35 atom stereocenters. The lowest BCUT2D eigenvalue weighted by Crippen LogP contribution is -2.68. The van der Waals surface area contributed by atoms with Gasteiger partial charge in [-0.3, -0.25) is 4.90 Å². The van der Waals surface area contributed by atoms with Gasteiger partial charge in [0, 0.05) is 32.7 Å². The molecule has 21 N–H and O–H groups in total. The van der Waals surface area contributed by atoms with Gasteiger partial charge in [0.25, 0.3) is 0 Å². The van der Waals surface area contributed by atoms with Gasteiger partial charge < -0.3 is 174 Å². The molecule has 22 aliphatic heterocycles. The molecule has 0 amide bonds. The molecule has 82 heavy (non-hydrogen) atoms. The van der Waals surface area contributed by atoms with Gasteiger partial charge in [0.1, 0.15) is 171 Å². The van der Waals surface area contributed by atoms with Crippen LogP contribution in [0.5, 0.6) is 0 Å². The van der Waals surface area contributed by atoms with Gasteiger partial charge in [-0.15, -0.1) is 0 Å². The minimum atomic E-state index is -2.20. The summed E-state index contributed by atoms with van der Waals surface area (Å²) in [5.74, 6) is 0. The van der Waals surface area contributed by atoms with Gasteiger partial charge in [0.15, 0.2) is 44.0 Å². The molecule has 22 aliphatic rings. The van der Waals surface area contributed by atoms with E-state index >= 15 is 0 Å². The topological polar surface area (TPSA) is 549 Å². The number of hydrogen-bond acceptors (Lipinski definition) is 36. The largest absolute Gasteiger partial charge is 0.394 e. The van der Waals surface area contributed by atoms with Crippen LogP contribution in [0, 0.1) is 0 Å². The number of hydrogen-bond donors (Lipinski definition) is 21. The molecular formula is C46H78N2O34. The average Bonchev–Trinajstić information content (AvgIpc) is 3.20. The second-order valence-electron chi connectivity index (χ2n) is 21.5. The minimum absolute atomic E-state index is 0.0868. The van der Waals surface area contributed by atoms with Crippen molar-refractivity contribution in [1.82, 2.24) is 10.2 Å². The quantitative estimate of drug-likeness (QED) is 0.107. The van der Waals surface area contributed by atoms with E-state index in [0.29, 0.717) is 26.2 Å². The van der Waals surface area contributed by atoms with Crippen molar-refractivity contribution < 1.29 is 168 Å². The first-order valence-electron chi connectivity index (χ1n) is 27.0. The van der Waals surface area contributed by atoms with Crippen molar-refractivity contribution in [3.05, 3.63) is 0 Å². The Labute approximate surface area is 465 Å². The summed E-state index contributed by atoms with van der Waals surface area (Å²) in [7, 11) is 0. The second-order valence-corrected chi connectivity index (χ2v) is 21.5. The molecule has 0 radical (unpaired) electrons. The van der Waals surface area contributed by atoms with Crippen molar-refractivity contribution in [3.8, 4) is 0 Å². The third-order valence-electron chi connectivity index (χ3n) is 16.3. The van der Waals surface area contributed by atoms with Crippen molar-refractivity contribution in [2.75, 3.05) is 72.4 Å². The zero-order valence-electron chi connectivity index (χ0n) is 43.6. The van der Waals surface area contributed by atoms with E-state index in [2.05, 4.69) is 5.32 Å². The SMILES string of the molecule is OC[C@H]1O[C@@H]2O[C@H]3[C@H](O)[C@@H](O)[C@@H](O[C@H]4[C@H](O)[C@@H](O)[C@@H](O[C@H]5[C@H](O)[C@@H](O)[C@@H](O[C@H]6[C@H](O)[C@@H](O)[C@@H](O[C@H]7[C@H](O)[C@@H](O)[C@@H](O[C@H]8[C@H](O)[C@@H](O)[C@@H](O[C@H]1[C@H](O)[C@H]2O)O[C@@H]8CO)O[C@@H]7CO)O[C@@H]6CO)O[C@@H]5CN1CCNCC1)O[C@@H]4CO)O[C@@H]3CO. The maximum atomic E-state index is 11.8. The van der Waals surface area contributed by atoms with E-state index in [4.69, 9.17) is 66.3 Å². The van der Waals surface area contributed by atoms with Gasteiger partial charge >= 0.3 is 0 Å². The summed E-state index contributed by atoms with van der Waals surface area (Å²) in [6, 6.07) is 0. The van der Waals surface area contributed by atoms with Crippen LogP contribution in [0.4, 0.5) is 0 Å². The van der Waals surface area contributed by atoms with Gasteiger partial charge in [-0.25, -0.2) is 0 Å². The summed E-state index contributed by atoms with van der Waals surface area (Å²) in [6.07, 6.45) is -68.6. The highest BCUT2D eigenvalue weighted by Crippen LogP contribution is 2.39. The summed E-state index contributed by atoms with van der Waals surface area (Å²) in [4.78, 5) is 1.86. The van der Waals surface area contributed by atoms with Gasteiger partial charge in [-0.2, -0.15) is 0 Å². The molecule has 22 rings (SSSR count). The van der Waals surface area contributed by atoms with Gasteiger partial charge in [-0.1, -0.05) is 0 Å². The normalized spacial score (nSPS) is 54.1. The molecule has 36 heteroatoms. The lowest BCUT2D eigenvalue weighted by atomic mass is 9.95. The molecule has 0 saturated carbocycles. The zero-order valence-corrected chi connectivity index (χ0v) is 43.6. The van der Waals surface area contributed by atoms with Crippen LogP contribution in [-0.2, 0) is 66.3 Å². The number of nitrogens with zero attached hydrogens (tertiary/aromatic N) is 1. The summed E-state index contributed by atoms with van der Waals surface area (Å²) in [6.45, 7) is -4.39. The number of ether oxygens (including phenoxy) is 14. The Kier molecular flexibility index (Phi) is 22.2. The molecule has 0 aliphatic carbocycles. The van der Waals surface area contributed by atoms with Crippen LogP contribution in [0.25, 0.3) is 0 Å². The van der Waals surface area contributed by atoms with Crippen LogP contribution in [0.3, 0.4) is 0 Å². The molecular weight excluding hydrogens is 1120 g/mol. The van der Waals surface area contributed by atoms with E-state index in [0.717, 1.165) is 0 Å². The van der Waals surface area contributed by atoms with Crippen molar-refractivity contribution >= 4 is 0 Å². The van der Waals surface area contributed by atoms with Crippen molar-refractivity contribution in [1.29, 1.82) is 0 Å². The second kappa shape index (κ2) is 27.9. The average molecular weight is 1200 g/mol. The molecule has 0 aromatic rings. The Hall–Kier alpha value is -1.44. The molecule has 0 aromatic carbocycles. The van der Waals surface area contributed by atoms with Crippen LogP contribution in [-0.4, -0.2) is 394 Å². The van der Waals surface area contributed by atoms with E-state index in [1.54, 1.807) is 0 Å². The van der Waals surface area contributed by atoms with E-state index in [1.807, 2.05) is 4.90 Å². The standard InChI is InChI=1S/C46H78N2O34/c49-6-13-34-21(57)28(64)42(71-13)79-36-15(8-51)73-44(30(66)23(36)59)81-38-17(10-53)75-46(32(68)25(38)61)82-39-18(11-54)74-45(31(67)24(39)60)80-37-16(9-52)72-43(29(65)22(37)58)78-35-14(7-50)70-41(27(63)20(35)56)76-33-12(5-48-3-1-47-2-4-48)69-40(77-34)26(62)19(33)55/h12-47,49-68H,1-11H2/t12-,13-,14-,15-,16-,17-,18-,19-,20-,21-,22-,23-,24-,25-,26-,27-,28-,29-,30-,31-,32-,33-,34-,35-,36-,37-,38-,39-,40-,41-,42-,43-,44-,45-,46-/m1/s1. The van der Waals surface area contributed by atoms with E-state index in [1.165, 1.54) is 0 Å². The van der Waals surface area contributed by atoms with Crippen LogP contribution in [0.15, 0.2) is 0 Å². The number of aliphatic hydroxyl groups is 20. The first-order chi connectivity index (χ1) is 39.2. The van der Waals surface area contributed by atoms with E-state index in [9.17, 15) is 102 Å². The molecule has 22 heterocycles. The lowest BCUT2D eigenvalue weighted by Gasteiger charge is -2.50. The third-order valence-corrected chi connectivity index (χ3v) is 16.3. The summed E-state index contributed by atoms with van der Waals surface area (Å²) >= 11 is 0. The van der Waals surface area contributed by atoms with Crippen LogP contribution < -0.4 is 5.32 Å². The van der Waals surface area contributed by atoms with Crippen molar-refractivity contribution in [2.24, 2.45) is 0 Å². The lowest BCUT2D eigenvalue weighted by molar-refractivity contribution is -0.396. The van der Waals surface area contributed by atoms with Gasteiger partial charge in [0.2, 0.25) is 0 Å². The number of nitrogens with one attached hydrogen (secondary N) is 1. The smallest absolute Gasteiger partial charge is 0.187 e. The Morgan fingerprint density at radius 3 is 0.598 bits per heavy atom. The fraction of sp³-hybridized carbons (Fsp3) is 1.00. The highest BCUT2D eigenvalue weighted by molar-refractivity contribution is 5.02. The molecule has 0 unspecified atom stereocenters. The molecule has 0 aromatic heterocycles. The van der Waals surface area contributed by atoms with Gasteiger partial charge in [0.05, 0.1) is 39.6 Å². The zero-order chi connectivity index (χ0) is 59.2. The van der Waals surface area contributed by atoms with Crippen molar-refractivity contribution in [3.63, 3.8) is 0 Å². The summed E-state index contributed by atoms with van der Waals surface area (Å²) < 4.78 is 81.5. The van der Waals surface area contributed by atoms with E-state index < -0.39 is 255 Å². The van der Waals surface area contributed by atoms with Crippen LogP contribution in [0.1, 0.15) is 0 Å². The van der Waals surface area contributed by atoms with E-state index in [-0.39, 0.29) is 6.54 Å². The van der Waals surface area contributed by atoms with Gasteiger partial charge in [-0.05, 0) is 0 Å². The summed E-state index contributed by atoms with van der Waals surface area (Å²) in [5.41, 5.74) is 0. The minimum Gasteiger partial charge on any atom is -0.394 e. The Bertz CT molecular complexity index is 1960. The fourth-order valence-electron chi connectivity index (χ4n) is 11.6. The van der Waals surface area contributed by atoms with Crippen LogP contribution in [0.2, 0.25) is 0 Å². The first-order valence-corrected chi connectivity index (χ1v) is 27.0. The number of rotatable bonds is 8. The Balaban J connectivity index is 1.01. The molecule has 22 fully saturated rings. The fourth-order valence-corrected chi connectivity index (χ4v) is 11.6. The Morgan fingerprint density at radius 1 is 0.244 bits per heavy atom. The number of piperazine rings is 1. The molecule has 22 saturated heterocycles. The third kappa shape index (κ3) is 13.0. The molecule has 476 valence electrons. The molecule has 0 spiro atoms. The Morgan fingerprint density at radius 2 is 0.415 bits per heavy atom. The summed E-state index contributed by atoms with van der Waals surface area (Å²) in [5, 5.41) is 226. The molecule has 36 nitrogen and oxygen atoms in total. The highest BCUT2D eigenvalue weighted by atomic mass is 16.8. The predicted molar refractivity (Wildman–Crippen MR) is 251 cm³/mol. The monoisotopic (exact) mass is 1200 g/mol. The first kappa shape index (κ1) is 65.0. The predicted octanol–water partition coefficient (Wildman–Crippen LogP) is -15.3. The van der Waals surface area contributed by atoms with Crippen LogP contribution >= 0.6 is 0 Å². The number of aliphatic hydroxyl groups excluding tert-OH is 20. The maximum absolute atomic E-state index is 11.8. The highest BCUT2D eigenvalue weighted by Gasteiger charge is 2.59.